The predicted molar refractivity (Wildman–Crippen MR) is 90.7 cm³/mol. The Labute approximate surface area is 147 Å². The van der Waals surface area contributed by atoms with Crippen molar-refractivity contribution in [1.82, 2.24) is 9.21 Å². The lowest BCUT2D eigenvalue weighted by Gasteiger charge is -2.37. The van der Waals surface area contributed by atoms with Crippen LogP contribution in [0.4, 0.5) is 0 Å². The summed E-state index contributed by atoms with van der Waals surface area (Å²) in [6.45, 7) is 1.33. The maximum atomic E-state index is 12.9. The van der Waals surface area contributed by atoms with Gasteiger partial charge in [0.2, 0.25) is 15.9 Å². The number of hydrogen-bond acceptors (Lipinski definition) is 4. The molecule has 2 aliphatic rings. The van der Waals surface area contributed by atoms with Crippen LogP contribution in [0.5, 0.6) is 5.75 Å². The Balaban J connectivity index is 1.87. The summed E-state index contributed by atoms with van der Waals surface area (Å²) < 4.78 is 32.3. The molecule has 6 nitrogen and oxygen atoms in total. The molecule has 0 saturated carbocycles. The molecule has 0 bridgehead atoms. The standard InChI is InChI=1S/C16H21ClN2O4S/c1-18-8-3-6-16(15(18)20)7-9-19(11-16)24(21,22)12-4-5-14(23-2)13(17)10-12/h4-5,10H,3,6-9,11H2,1-2H3/t16-/m0/s1. The zero-order valence-corrected chi connectivity index (χ0v) is 15.4. The molecule has 0 N–H and O–H groups in total. The minimum Gasteiger partial charge on any atom is -0.495 e. The van der Waals surface area contributed by atoms with E-state index in [4.69, 9.17) is 16.3 Å². The monoisotopic (exact) mass is 372 g/mol. The summed E-state index contributed by atoms with van der Waals surface area (Å²) in [5, 5.41) is 0.251. The SMILES string of the molecule is COc1ccc(S(=O)(=O)N2CC[C@@]3(CCCN(C)C3=O)C2)cc1Cl. The van der Waals surface area contributed by atoms with E-state index in [1.807, 2.05) is 0 Å². The number of hydrogen-bond donors (Lipinski definition) is 0. The van der Waals surface area contributed by atoms with Crippen molar-refractivity contribution in [2.45, 2.75) is 24.2 Å². The van der Waals surface area contributed by atoms with Crippen molar-refractivity contribution in [3.63, 3.8) is 0 Å². The van der Waals surface area contributed by atoms with E-state index in [-0.39, 0.29) is 22.4 Å². The van der Waals surface area contributed by atoms with E-state index in [1.54, 1.807) is 18.0 Å². The lowest BCUT2D eigenvalue weighted by Crippen LogP contribution is -2.48. The average molecular weight is 373 g/mol. The number of halogens is 1. The van der Waals surface area contributed by atoms with Crippen LogP contribution in [0, 0.1) is 5.41 Å². The summed E-state index contributed by atoms with van der Waals surface area (Å²) in [7, 11) is -0.421. The van der Waals surface area contributed by atoms with E-state index >= 15 is 0 Å². The van der Waals surface area contributed by atoms with E-state index in [1.165, 1.54) is 23.5 Å². The number of likely N-dealkylation sites (tertiary alicyclic amines) is 1. The van der Waals surface area contributed by atoms with Crippen LogP contribution in [0.15, 0.2) is 23.1 Å². The molecule has 1 aromatic carbocycles. The summed E-state index contributed by atoms with van der Waals surface area (Å²) >= 11 is 6.06. The molecule has 2 aliphatic heterocycles. The van der Waals surface area contributed by atoms with Gasteiger partial charge in [-0.25, -0.2) is 8.42 Å². The Hall–Kier alpha value is -1.31. The highest BCUT2D eigenvalue weighted by Gasteiger charge is 2.50. The average Bonchev–Trinajstić information content (AvgIpc) is 2.98. The van der Waals surface area contributed by atoms with Gasteiger partial charge in [0, 0.05) is 26.7 Å². The summed E-state index contributed by atoms with van der Waals surface area (Å²) in [4.78, 5) is 14.4. The fraction of sp³-hybridized carbons (Fsp3) is 0.562. The summed E-state index contributed by atoms with van der Waals surface area (Å²) in [6.07, 6.45) is 2.22. The molecular formula is C16H21ClN2O4S. The maximum absolute atomic E-state index is 12.9. The molecule has 0 unspecified atom stereocenters. The van der Waals surface area contributed by atoms with Crippen LogP contribution in [-0.2, 0) is 14.8 Å². The number of nitrogens with zero attached hydrogens (tertiary/aromatic N) is 2. The van der Waals surface area contributed by atoms with Crippen LogP contribution in [0.2, 0.25) is 5.02 Å². The van der Waals surface area contributed by atoms with Gasteiger partial charge in [-0.05, 0) is 37.5 Å². The zero-order chi connectivity index (χ0) is 17.5. The molecule has 1 amide bonds. The van der Waals surface area contributed by atoms with Crippen LogP contribution >= 0.6 is 11.6 Å². The van der Waals surface area contributed by atoms with Crippen LogP contribution in [0.25, 0.3) is 0 Å². The van der Waals surface area contributed by atoms with E-state index in [0.717, 1.165) is 19.4 Å². The summed E-state index contributed by atoms with van der Waals surface area (Å²) in [6, 6.07) is 4.43. The van der Waals surface area contributed by atoms with Crippen molar-refractivity contribution in [3.05, 3.63) is 23.2 Å². The zero-order valence-electron chi connectivity index (χ0n) is 13.8. The molecular weight excluding hydrogens is 352 g/mol. The molecule has 24 heavy (non-hydrogen) atoms. The topological polar surface area (TPSA) is 66.9 Å². The molecule has 1 atom stereocenters. The molecule has 1 aromatic rings. The Kier molecular flexibility index (Phi) is 4.53. The predicted octanol–water partition coefficient (Wildman–Crippen LogP) is 1.98. The normalized spacial score (nSPS) is 25.5. The number of piperidine rings is 1. The first-order valence-electron chi connectivity index (χ1n) is 7.89. The lowest BCUT2D eigenvalue weighted by atomic mass is 9.78. The first kappa shape index (κ1) is 17.5. The largest absolute Gasteiger partial charge is 0.495 e. The Morgan fingerprint density at radius 1 is 1.25 bits per heavy atom. The van der Waals surface area contributed by atoms with Crippen molar-refractivity contribution in [2.24, 2.45) is 5.41 Å². The van der Waals surface area contributed by atoms with Gasteiger partial charge < -0.3 is 9.64 Å². The first-order chi connectivity index (χ1) is 11.3. The lowest BCUT2D eigenvalue weighted by molar-refractivity contribution is -0.143. The van der Waals surface area contributed by atoms with E-state index in [9.17, 15) is 13.2 Å². The van der Waals surface area contributed by atoms with Crippen molar-refractivity contribution in [1.29, 1.82) is 0 Å². The summed E-state index contributed by atoms with van der Waals surface area (Å²) in [5.41, 5.74) is -0.573. The molecule has 132 valence electrons. The molecule has 3 rings (SSSR count). The van der Waals surface area contributed by atoms with Gasteiger partial charge in [0.25, 0.3) is 0 Å². The van der Waals surface area contributed by atoms with Gasteiger partial charge in [-0.2, -0.15) is 4.31 Å². The molecule has 0 aromatic heterocycles. The number of rotatable bonds is 3. The van der Waals surface area contributed by atoms with Crippen LogP contribution in [0.1, 0.15) is 19.3 Å². The molecule has 2 heterocycles. The van der Waals surface area contributed by atoms with Gasteiger partial charge in [0.1, 0.15) is 5.75 Å². The van der Waals surface area contributed by atoms with E-state index in [2.05, 4.69) is 0 Å². The van der Waals surface area contributed by atoms with Crippen LogP contribution in [0.3, 0.4) is 0 Å². The van der Waals surface area contributed by atoms with Crippen molar-refractivity contribution >= 4 is 27.5 Å². The number of benzene rings is 1. The number of amides is 1. The fourth-order valence-electron chi connectivity index (χ4n) is 3.64. The Morgan fingerprint density at radius 3 is 2.67 bits per heavy atom. The van der Waals surface area contributed by atoms with E-state index in [0.29, 0.717) is 18.7 Å². The quantitative estimate of drug-likeness (QED) is 0.813. The highest BCUT2D eigenvalue weighted by Crippen LogP contribution is 2.41. The second kappa shape index (κ2) is 6.20. The minimum absolute atomic E-state index is 0.0548. The second-order valence-corrected chi connectivity index (χ2v) is 8.84. The van der Waals surface area contributed by atoms with Gasteiger partial charge in [0.15, 0.2) is 0 Å². The van der Waals surface area contributed by atoms with Gasteiger partial charge in [-0.1, -0.05) is 11.6 Å². The number of ether oxygens (including phenoxy) is 1. The number of carbonyl (C=O) groups excluding carboxylic acids is 1. The van der Waals surface area contributed by atoms with E-state index < -0.39 is 15.4 Å². The van der Waals surface area contributed by atoms with Gasteiger partial charge >= 0.3 is 0 Å². The first-order valence-corrected chi connectivity index (χ1v) is 9.71. The van der Waals surface area contributed by atoms with Gasteiger partial charge in [-0.3, -0.25) is 4.79 Å². The third-order valence-electron chi connectivity index (χ3n) is 5.03. The fourth-order valence-corrected chi connectivity index (χ4v) is 5.52. The highest BCUT2D eigenvalue weighted by molar-refractivity contribution is 7.89. The molecule has 2 saturated heterocycles. The molecule has 8 heteroatoms. The molecule has 1 spiro atoms. The van der Waals surface area contributed by atoms with Crippen LogP contribution < -0.4 is 4.74 Å². The maximum Gasteiger partial charge on any atom is 0.243 e. The molecule has 2 fully saturated rings. The van der Waals surface area contributed by atoms with Gasteiger partial charge in [0.05, 0.1) is 22.4 Å². The second-order valence-electron chi connectivity index (χ2n) is 6.50. The smallest absolute Gasteiger partial charge is 0.243 e. The van der Waals surface area contributed by atoms with Crippen molar-refractivity contribution in [3.8, 4) is 5.75 Å². The highest BCUT2D eigenvalue weighted by atomic mass is 35.5. The van der Waals surface area contributed by atoms with Gasteiger partial charge in [-0.15, -0.1) is 0 Å². The number of methoxy groups -OCH3 is 1. The van der Waals surface area contributed by atoms with Crippen molar-refractivity contribution in [2.75, 3.05) is 33.8 Å². The third kappa shape index (κ3) is 2.78. The Bertz CT molecular complexity index is 767. The molecule has 0 radical (unpaired) electrons. The molecule has 0 aliphatic carbocycles. The third-order valence-corrected chi connectivity index (χ3v) is 7.17. The van der Waals surface area contributed by atoms with Crippen LogP contribution in [-0.4, -0.2) is 57.3 Å². The van der Waals surface area contributed by atoms with Crippen molar-refractivity contribution < 1.29 is 17.9 Å². The number of sulfonamides is 1. The Morgan fingerprint density at radius 2 is 2.00 bits per heavy atom. The summed E-state index contributed by atoms with van der Waals surface area (Å²) in [5.74, 6) is 0.483. The number of carbonyl (C=O) groups is 1. The minimum atomic E-state index is -3.68.